The van der Waals surface area contributed by atoms with E-state index in [-0.39, 0.29) is 101 Å². The summed E-state index contributed by atoms with van der Waals surface area (Å²) in [5.74, 6) is 0. The van der Waals surface area contributed by atoms with Gasteiger partial charge in [0, 0.05) is 191 Å². The second-order valence-electron chi connectivity index (χ2n) is 28.9. The smallest absolute Gasteiger partial charge is 0.187 e. The van der Waals surface area contributed by atoms with Gasteiger partial charge in [-0.05, 0) is 97.2 Å². The third-order valence-corrected chi connectivity index (χ3v) is 22.2. The number of aromatic nitrogens is 8. The van der Waals surface area contributed by atoms with Gasteiger partial charge in [-0.3, -0.25) is 19.9 Å². The van der Waals surface area contributed by atoms with E-state index in [1.165, 1.54) is 104 Å². The Morgan fingerprint density at radius 2 is 0.967 bits per heavy atom. The molecule has 17 heteroatoms. The van der Waals surface area contributed by atoms with Crippen molar-refractivity contribution in [3.63, 3.8) is 0 Å². The fourth-order valence-electron chi connectivity index (χ4n) is 17.0. The van der Waals surface area contributed by atoms with Crippen molar-refractivity contribution in [2.45, 2.75) is 0 Å². The molecule has 2 aliphatic rings. The van der Waals surface area contributed by atoms with Crippen molar-refractivity contribution >= 4 is 165 Å². The van der Waals surface area contributed by atoms with E-state index < -0.39 is 0 Å². The molecule has 0 bridgehead atoms. The Morgan fingerprint density at radius 1 is 0.400 bits per heavy atom. The topological polar surface area (TPSA) is 83.8 Å². The fraction of sp³-hybridized carbons (Fsp3) is 0.0291. The van der Waals surface area contributed by atoms with Gasteiger partial charge in [0.05, 0.1) is 40.9 Å². The molecule has 12 nitrogen and oxygen atoms in total. The molecule has 0 saturated heterocycles. The molecular weight excluding hydrogens is 2370 g/mol. The number of nitrogens with zero attached hydrogens (tertiary/aromatic N) is 12. The molecule has 5 radical (unpaired) electrons. The Balaban J connectivity index is 0.000000111. The van der Waals surface area contributed by atoms with Crippen LogP contribution in [0, 0.1) is 43.4 Å². The second kappa shape index (κ2) is 34.2. The minimum absolute atomic E-state index is 0. The summed E-state index contributed by atoms with van der Waals surface area (Å²) in [4.78, 5) is 24.3. The molecular formula is C103H66Ir5N12-6. The van der Waals surface area contributed by atoms with Gasteiger partial charge in [0.15, 0.2) is 5.69 Å². The Kier molecular flexibility index (Phi) is 23.2. The van der Waals surface area contributed by atoms with Crippen molar-refractivity contribution in [1.82, 2.24) is 37.7 Å². The van der Waals surface area contributed by atoms with E-state index in [0.717, 1.165) is 93.8 Å². The summed E-state index contributed by atoms with van der Waals surface area (Å²) >= 11 is 0. The van der Waals surface area contributed by atoms with E-state index >= 15 is 0 Å². The van der Waals surface area contributed by atoms with Crippen LogP contribution in [0.2, 0.25) is 0 Å². The Morgan fingerprint density at radius 3 is 1.73 bits per heavy atom. The molecule has 2 aliphatic heterocycles. The van der Waals surface area contributed by atoms with Gasteiger partial charge in [-0.25, -0.2) is 4.85 Å². The van der Waals surface area contributed by atoms with Crippen LogP contribution in [-0.2, 0) is 108 Å². The average Bonchev–Trinajstić information content (AvgIpc) is 1.50. The minimum Gasteiger partial charge on any atom is -0.378 e. The molecule has 120 heavy (non-hydrogen) atoms. The van der Waals surface area contributed by atoms with Crippen LogP contribution >= 0.6 is 0 Å². The van der Waals surface area contributed by atoms with E-state index in [0.29, 0.717) is 5.69 Å². The third kappa shape index (κ3) is 13.9. The summed E-state index contributed by atoms with van der Waals surface area (Å²) in [6, 6.07) is 124. The number of imidazole rings is 4. The predicted octanol–water partition coefficient (Wildman–Crippen LogP) is 24.8. The number of aryl methyl sites for hydroxylation is 1. The van der Waals surface area contributed by atoms with Crippen molar-refractivity contribution in [3.05, 3.63) is 394 Å². The number of rotatable bonds is 3. The maximum Gasteiger partial charge on any atom is 0.187 e. The quantitative estimate of drug-likeness (QED) is 0.129. The Labute approximate surface area is 759 Å². The second-order valence-corrected chi connectivity index (χ2v) is 28.9. The van der Waals surface area contributed by atoms with Crippen LogP contribution in [0.1, 0.15) is 5.56 Å². The van der Waals surface area contributed by atoms with E-state index in [9.17, 15) is 0 Å². The zero-order valence-electron chi connectivity index (χ0n) is 64.4. The predicted molar refractivity (Wildman–Crippen MR) is 473 cm³/mol. The van der Waals surface area contributed by atoms with Crippen LogP contribution in [0.25, 0.3) is 175 Å². The van der Waals surface area contributed by atoms with Crippen LogP contribution < -0.4 is 14.9 Å². The number of hydrogen-bond donors (Lipinski definition) is 0. The first-order valence-corrected chi connectivity index (χ1v) is 38.2. The molecule has 25 rings (SSSR count). The molecule has 0 fully saturated rings. The standard InChI is InChI=1S/C24H17N4.C23H13N2.C21H13N2.C19H12N2.C16H11N2.5Ir/c1-25-17-9-7-16(8-10-17)19-5-4-6-20-23(19)21-15-18(27(2)3)11-12-22(21)28-14-13-26-24(20)28;1-2-8-16-14-22-20(13-15(16)7-1)24-23-19-11-4-3-9-17(19)18-10-5-6-12-21(18)25(22)23;1-2-7-15(8-3-1)16-11-6-12-18-17-9-4-5-10-19(17)21-22-13-14-23(21)20(16)18;1-4-10-17-14(7-1)13-20-18-11-5-2-8-15(18)16-9-3-6-12-19(16)21(17)20;1-18-10-17-15-13-8-4-2-6-11(13)12-7-3-5-9-14(12)16(15)18;;;;;/h4-5,7-15H,2-3H3;1-10,12-14H;1-9,11-14H;1-10,12-13H;2-7,9-10H,1H3;;;;;/q3*-1;-2;-1;;;;;. The van der Waals surface area contributed by atoms with Crippen LogP contribution in [0.4, 0.5) is 28.4 Å². The van der Waals surface area contributed by atoms with E-state index in [4.69, 9.17) is 11.6 Å². The molecule has 0 aliphatic carbocycles. The van der Waals surface area contributed by atoms with E-state index in [1.807, 2.05) is 117 Å². The molecule has 0 amide bonds. The summed E-state index contributed by atoms with van der Waals surface area (Å²) in [6.07, 6.45) is 9.59. The van der Waals surface area contributed by atoms with Crippen LogP contribution in [0.5, 0.6) is 0 Å². The Hall–Kier alpha value is -12.3. The molecule has 0 unspecified atom stereocenters. The van der Waals surface area contributed by atoms with Crippen LogP contribution in [0.15, 0.2) is 340 Å². The van der Waals surface area contributed by atoms with Gasteiger partial charge in [-0.1, -0.05) is 220 Å². The monoisotopic (exact) mass is 2440 g/mol. The zero-order chi connectivity index (χ0) is 76.8. The number of fused-ring (bicyclic) bond motifs is 35. The maximum atomic E-state index is 7.20. The molecule has 9 heterocycles. The van der Waals surface area contributed by atoms with Crippen LogP contribution in [-0.4, -0.2) is 51.8 Å². The van der Waals surface area contributed by atoms with Crippen molar-refractivity contribution in [2.75, 3.05) is 29.0 Å². The Bertz CT molecular complexity index is 7890. The van der Waals surface area contributed by atoms with Gasteiger partial charge in [-0.2, -0.15) is 30.3 Å². The van der Waals surface area contributed by atoms with E-state index in [1.54, 1.807) is 0 Å². The average molecular weight is 2430 g/mol. The molecule has 7 aromatic heterocycles. The number of para-hydroxylation sites is 5. The summed E-state index contributed by atoms with van der Waals surface area (Å²) in [6.45, 7) is 9.38. The first kappa shape index (κ1) is 81.4. The van der Waals surface area contributed by atoms with Crippen molar-refractivity contribution in [3.8, 4) is 33.4 Å². The number of pyridine rings is 3. The van der Waals surface area contributed by atoms with Crippen molar-refractivity contribution in [2.24, 2.45) is 7.05 Å². The first-order chi connectivity index (χ1) is 56.8. The number of hydrazine groups is 1. The molecule has 0 spiro atoms. The summed E-state index contributed by atoms with van der Waals surface area (Å²) in [5.41, 5.74) is 24.4. The van der Waals surface area contributed by atoms with E-state index in [2.05, 4.69) is 334 Å². The van der Waals surface area contributed by atoms with Crippen molar-refractivity contribution in [1.29, 1.82) is 0 Å². The first-order valence-electron chi connectivity index (χ1n) is 38.2. The van der Waals surface area contributed by atoms with Gasteiger partial charge in [0.1, 0.15) is 0 Å². The summed E-state index contributed by atoms with van der Waals surface area (Å²) < 4.78 is 8.66. The maximum absolute atomic E-state index is 7.20. The number of hydrogen-bond acceptors (Lipinski definition) is 7. The number of benzene rings is 16. The summed E-state index contributed by atoms with van der Waals surface area (Å²) in [7, 11) is 6.14. The molecule has 0 saturated carbocycles. The van der Waals surface area contributed by atoms with Gasteiger partial charge < -0.3 is 32.7 Å². The SMILES string of the molecule is Cn1cnc2c3[c-]cccc3c3ccccc3c21.[C-]#[N+]c1ccc(-c2cc[c-]c3c2c2cc(N(C)C)ccc2n2ccnc32)cc1.[Ir].[Ir].[Ir].[Ir].[Ir].[c-]1cccc2c1N1[CH-]c3ccccc3N1c1ccccc1-2.[c-]1cccc2c1c1nc3cc4ccccc4cc3n1c1ccccc21.[c-]1cccc2c1c1nccn1c1c(-c3ccccc3)cccc21. The number of anilines is 4. The van der Waals surface area contributed by atoms with Gasteiger partial charge in [0.25, 0.3) is 0 Å². The molecule has 23 aromatic rings. The largest absolute Gasteiger partial charge is 0.378 e. The molecule has 0 atom stereocenters. The molecule has 0 N–H and O–H groups in total. The van der Waals surface area contributed by atoms with Gasteiger partial charge in [-0.15, -0.1) is 124 Å². The molecule has 16 aromatic carbocycles. The third-order valence-electron chi connectivity index (χ3n) is 22.2. The van der Waals surface area contributed by atoms with Gasteiger partial charge >= 0.3 is 0 Å². The van der Waals surface area contributed by atoms with Crippen LogP contribution in [0.3, 0.4) is 0 Å². The summed E-state index contributed by atoms with van der Waals surface area (Å²) in [5, 5.41) is 22.0. The van der Waals surface area contributed by atoms with Gasteiger partial charge in [0.2, 0.25) is 0 Å². The normalized spacial score (nSPS) is 11.5. The molecule has 589 valence electrons. The van der Waals surface area contributed by atoms with Crippen molar-refractivity contribution < 1.29 is 101 Å². The zero-order valence-corrected chi connectivity index (χ0v) is 76.4. The minimum atomic E-state index is 0. The fourth-order valence-corrected chi connectivity index (χ4v) is 17.0.